The van der Waals surface area contributed by atoms with Gasteiger partial charge in [-0.25, -0.2) is 9.48 Å². The Labute approximate surface area is 117 Å². The number of carboxylic acids is 1. The second kappa shape index (κ2) is 4.67. The Balaban J connectivity index is 2.26. The van der Waals surface area contributed by atoms with Gasteiger partial charge in [0.1, 0.15) is 5.52 Å². The second-order valence-corrected chi connectivity index (χ2v) is 4.24. The molecule has 104 valence electrons. The fraction of sp³-hybridized carbons (Fsp3) is 0. The van der Waals surface area contributed by atoms with Gasteiger partial charge in [-0.1, -0.05) is 0 Å². The van der Waals surface area contributed by atoms with Crippen molar-refractivity contribution in [2.75, 3.05) is 0 Å². The largest absolute Gasteiger partial charge is 0.478 e. The van der Waals surface area contributed by atoms with Crippen LogP contribution in [0.25, 0.3) is 16.6 Å². The van der Waals surface area contributed by atoms with Crippen LogP contribution in [0.2, 0.25) is 0 Å². The number of carboxylic acid groups (broad SMARTS) is 1. The average molecular weight is 284 g/mol. The van der Waals surface area contributed by atoms with Crippen molar-refractivity contribution in [3.63, 3.8) is 0 Å². The molecule has 0 unspecified atom stereocenters. The van der Waals surface area contributed by atoms with Crippen molar-refractivity contribution in [1.29, 1.82) is 0 Å². The molecule has 0 aliphatic heterocycles. The van der Waals surface area contributed by atoms with Gasteiger partial charge in [-0.2, -0.15) is 5.10 Å². The first-order valence-corrected chi connectivity index (χ1v) is 5.88. The summed E-state index contributed by atoms with van der Waals surface area (Å²) in [5, 5.41) is 24.3. The van der Waals surface area contributed by atoms with Crippen molar-refractivity contribution in [3.8, 4) is 5.69 Å². The fourth-order valence-electron chi connectivity index (χ4n) is 2.05. The van der Waals surface area contributed by atoms with E-state index in [0.717, 1.165) is 0 Å². The maximum atomic E-state index is 11.0. The molecule has 0 aliphatic carbocycles. The molecule has 0 amide bonds. The van der Waals surface area contributed by atoms with Gasteiger partial charge in [0.15, 0.2) is 0 Å². The topological polar surface area (TPSA) is 111 Å². The number of benzene rings is 1. The molecule has 0 saturated heterocycles. The third-order valence-electron chi connectivity index (χ3n) is 3.00. The first kappa shape index (κ1) is 12.7. The molecule has 0 spiro atoms. The summed E-state index contributed by atoms with van der Waals surface area (Å²) in [6.45, 7) is 0. The highest BCUT2D eigenvalue weighted by Gasteiger charge is 2.17. The molecule has 0 radical (unpaired) electrons. The first-order valence-electron chi connectivity index (χ1n) is 5.88. The zero-order chi connectivity index (χ0) is 15.0. The number of nitrogens with zero attached hydrogens (tertiary/aromatic N) is 4. The van der Waals surface area contributed by atoms with Crippen molar-refractivity contribution >= 4 is 22.6 Å². The van der Waals surface area contributed by atoms with E-state index in [-0.39, 0.29) is 11.3 Å². The molecule has 21 heavy (non-hydrogen) atoms. The molecule has 0 fully saturated rings. The van der Waals surface area contributed by atoms with Crippen LogP contribution in [0.5, 0.6) is 0 Å². The monoisotopic (exact) mass is 284 g/mol. The normalized spacial score (nSPS) is 10.7. The summed E-state index contributed by atoms with van der Waals surface area (Å²) in [4.78, 5) is 25.6. The van der Waals surface area contributed by atoms with Crippen LogP contribution < -0.4 is 0 Å². The number of rotatable bonds is 3. The Hall–Kier alpha value is -3.29. The highest BCUT2D eigenvalue weighted by atomic mass is 16.6. The number of fused-ring (bicyclic) bond motifs is 1. The summed E-state index contributed by atoms with van der Waals surface area (Å²) < 4.78 is 1.34. The quantitative estimate of drug-likeness (QED) is 0.581. The van der Waals surface area contributed by atoms with Crippen molar-refractivity contribution in [2.45, 2.75) is 0 Å². The van der Waals surface area contributed by atoms with Crippen LogP contribution in [-0.2, 0) is 0 Å². The number of hydrogen-bond acceptors (Lipinski definition) is 5. The summed E-state index contributed by atoms with van der Waals surface area (Å²) >= 11 is 0. The Kier molecular flexibility index (Phi) is 2.83. The lowest BCUT2D eigenvalue weighted by molar-refractivity contribution is -0.383. The number of carbonyl (C=O) groups is 1. The number of nitro groups is 1. The molecular weight excluding hydrogens is 276 g/mol. The molecule has 1 aromatic carbocycles. The highest BCUT2D eigenvalue weighted by molar-refractivity contribution is 5.94. The van der Waals surface area contributed by atoms with E-state index in [1.807, 2.05) is 0 Å². The third kappa shape index (κ3) is 2.08. The van der Waals surface area contributed by atoms with Gasteiger partial charge in [0.25, 0.3) is 5.69 Å². The number of aromatic carboxylic acids is 1. The van der Waals surface area contributed by atoms with Crippen LogP contribution in [0, 0.1) is 10.1 Å². The number of aromatic nitrogens is 3. The van der Waals surface area contributed by atoms with E-state index in [1.54, 1.807) is 12.1 Å². The summed E-state index contributed by atoms with van der Waals surface area (Å²) in [5.41, 5.74) is 0.820. The molecule has 2 aromatic heterocycles. The van der Waals surface area contributed by atoms with Crippen molar-refractivity contribution in [3.05, 3.63) is 58.5 Å². The van der Waals surface area contributed by atoms with Gasteiger partial charge >= 0.3 is 5.97 Å². The smallest absolute Gasteiger partial charge is 0.338 e. The molecule has 0 bridgehead atoms. The maximum Gasteiger partial charge on any atom is 0.338 e. The summed E-state index contributed by atoms with van der Waals surface area (Å²) in [6.07, 6.45) is 4.05. The summed E-state index contributed by atoms with van der Waals surface area (Å²) in [7, 11) is 0. The van der Waals surface area contributed by atoms with E-state index in [1.165, 1.54) is 35.4 Å². The minimum absolute atomic E-state index is 0.0254. The van der Waals surface area contributed by atoms with Gasteiger partial charge in [0.2, 0.25) is 0 Å². The van der Waals surface area contributed by atoms with Gasteiger partial charge in [0.05, 0.1) is 27.8 Å². The van der Waals surface area contributed by atoms with Gasteiger partial charge < -0.3 is 5.11 Å². The fourth-order valence-corrected chi connectivity index (χ4v) is 2.05. The van der Waals surface area contributed by atoms with Crippen LogP contribution in [0.15, 0.2) is 42.9 Å². The van der Waals surface area contributed by atoms with Gasteiger partial charge in [0, 0.05) is 18.5 Å². The molecule has 8 heteroatoms. The van der Waals surface area contributed by atoms with Crippen LogP contribution in [0.4, 0.5) is 5.69 Å². The standard InChI is InChI=1S/C13H8N4O4/c18-13(19)8-6-15-16(7-8)11-4-3-10(17(20)21)9-2-1-5-14-12(9)11/h1-7H,(H,18,19). The highest BCUT2D eigenvalue weighted by Crippen LogP contribution is 2.28. The molecular formula is C13H8N4O4. The minimum atomic E-state index is -1.10. The number of hydrogen-bond donors (Lipinski definition) is 1. The summed E-state index contributed by atoms with van der Waals surface area (Å²) in [5.74, 6) is -1.10. The number of pyridine rings is 1. The first-order chi connectivity index (χ1) is 10.1. The van der Waals surface area contributed by atoms with Crippen molar-refractivity contribution < 1.29 is 14.8 Å². The molecule has 0 atom stereocenters. The van der Waals surface area contributed by atoms with Crippen molar-refractivity contribution in [1.82, 2.24) is 14.8 Å². The summed E-state index contributed by atoms with van der Waals surface area (Å²) in [6, 6.07) is 6.03. The predicted octanol–water partition coefficient (Wildman–Crippen LogP) is 2.03. The Bertz CT molecular complexity index is 871. The van der Waals surface area contributed by atoms with E-state index in [0.29, 0.717) is 16.6 Å². The predicted molar refractivity (Wildman–Crippen MR) is 72.5 cm³/mol. The molecule has 3 rings (SSSR count). The molecule has 1 N–H and O–H groups in total. The zero-order valence-electron chi connectivity index (χ0n) is 10.5. The molecule has 2 heterocycles. The minimum Gasteiger partial charge on any atom is -0.478 e. The molecule has 8 nitrogen and oxygen atoms in total. The number of nitro benzene ring substituents is 1. The lowest BCUT2D eigenvalue weighted by atomic mass is 10.1. The molecule has 0 aliphatic rings. The van der Waals surface area contributed by atoms with Crippen LogP contribution >= 0.6 is 0 Å². The van der Waals surface area contributed by atoms with E-state index < -0.39 is 10.9 Å². The Morgan fingerprint density at radius 2 is 2.14 bits per heavy atom. The van der Waals surface area contributed by atoms with E-state index in [4.69, 9.17) is 5.11 Å². The average Bonchev–Trinajstić information content (AvgIpc) is 2.95. The van der Waals surface area contributed by atoms with E-state index in [2.05, 4.69) is 10.1 Å². The lowest BCUT2D eigenvalue weighted by Gasteiger charge is -2.05. The third-order valence-corrected chi connectivity index (χ3v) is 3.00. The van der Waals surface area contributed by atoms with Crippen molar-refractivity contribution in [2.24, 2.45) is 0 Å². The number of non-ortho nitro benzene ring substituents is 1. The van der Waals surface area contributed by atoms with Crippen LogP contribution in [0.1, 0.15) is 10.4 Å². The Morgan fingerprint density at radius 3 is 2.81 bits per heavy atom. The Morgan fingerprint density at radius 1 is 1.33 bits per heavy atom. The molecule has 0 saturated carbocycles. The van der Waals surface area contributed by atoms with Gasteiger partial charge in [-0.3, -0.25) is 15.1 Å². The van der Waals surface area contributed by atoms with Crippen LogP contribution in [0.3, 0.4) is 0 Å². The second-order valence-electron chi connectivity index (χ2n) is 4.24. The lowest BCUT2D eigenvalue weighted by Crippen LogP contribution is -1.99. The maximum absolute atomic E-state index is 11.0. The van der Waals surface area contributed by atoms with E-state index >= 15 is 0 Å². The SMILES string of the molecule is O=C(O)c1cnn(-c2ccc([N+](=O)[O-])c3cccnc23)c1. The van der Waals surface area contributed by atoms with E-state index in [9.17, 15) is 14.9 Å². The van der Waals surface area contributed by atoms with Crippen LogP contribution in [-0.4, -0.2) is 30.8 Å². The van der Waals surface area contributed by atoms with Gasteiger partial charge in [-0.05, 0) is 18.2 Å². The van der Waals surface area contributed by atoms with Gasteiger partial charge in [-0.15, -0.1) is 0 Å². The molecule has 3 aromatic rings. The zero-order valence-corrected chi connectivity index (χ0v) is 10.5.